The monoisotopic (exact) mass is 281 g/mol. The third kappa shape index (κ3) is 3.22. The third-order valence-corrected chi connectivity index (χ3v) is 3.26. The fourth-order valence-electron chi connectivity index (χ4n) is 2.27. The molecular formula is C15H15N5O. The van der Waals surface area contributed by atoms with E-state index in [2.05, 4.69) is 31.5 Å². The number of para-hydroxylation sites is 1. The Labute approximate surface area is 121 Å². The molecule has 0 saturated carbocycles. The van der Waals surface area contributed by atoms with Crippen molar-refractivity contribution in [3.63, 3.8) is 0 Å². The SMILES string of the molecule is O=C(CCCc1c[nH]c2ccccc12)Nc1nccnn1. The van der Waals surface area contributed by atoms with Crippen molar-refractivity contribution in [2.24, 2.45) is 0 Å². The molecule has 2 N–H and O–H groups in total. The van der Waals surface area contributed by atoms with Gasteiger partial charge < -0.3 is 4.98 Å². The predicted octanol–water partition coefficient (Wildman–Crippen LogP) is 2.31. The number of fused-ring (bicyclic) bond motifs is 1. The van der Waals surface area contributed by atoms with Gasteiger partial charge in [0.15, 0.2) is 0 Å². The summed E-state index contributed by atoms with van der Waals surface area (Å²) in [5, 5.41) is 11.2. The van der Waals surface area contributed by atoms with Crippen LogP contribution in [0.2, 0.25) is 0 Å². The summed E-state index contributed by atoms with van der Waals surface area (Å²) in [4.78, 5) is 18.9. The highest BCUT2D eigenvalue weighted by Gasteiger charge is 2.06. The molecule has 0 fully saturated rings. The number of aromatic nitrogens is 4. The molecule has 3 rings (SSSR count). The summed E-state index contributed by atoms with van der Waals surface area (Å²) < 4.78 is 0. The summed E-state index contributed by atoms with van der Waals surface area (Å²) in [5.41, 5.74) is 2.36. The average Bonchev–Trinajstić information content (AvgIpc) is 2.92. The van der Waals surface area contributed by atoms with E-state index in [1.165, 1.54) is 23.3 Å². The van der Waals surface area contributed by atoms with Crippen LogP contribution in [0.4, 0.5) is 5.95 Å². The largest absolute Gasteiger partial charge is 0.361 e. The molecular weight excluding hydrogens is 266 g/mol. The Morgan fingerprint density at radius 3 is 3.00 bits per heavy atom. The van der Waals surface area contributed by atoms with Gasteiger partial charge in [0.05, 0.1) is 12.4 Å². The second-order valence-corrected chi connectivity index (χ2v) is 4.73. The summed E-state index contributed by atoms with van der Waals surface area (Å²) in [7, 11) is 0. The smallest absolute Gasteiger partial charge is 0.249 e. The van der Waals surface area contributed by atoms with E-state index < -0.39 is 0 Å². The Morgan fingerprint density at radius 2 is 2.14 bits per heavy atom. The van der Waals surface area contributed by atoms with Gasteiger partial charge in [0.1, 0.15) is 0 Å². The number of nitrogens with one attached hydrogen (secondary N) is 2. The molecule has 6 heteroatoms. The molecule has 1 amide bonds. The van der Waals surface area contributed by atoms with Crippen LogP contribution in [-0.4, -0.2) is 26.1 Å². The van der Waals surface area contributed by atoms with Crippen molar-refractivity contribution in [3.05, 3.63) is 48.4 Å². The first-order valence-electron chi connectivity index (χ1n) is 6.81. The molecule has 21 heavy (non-hydrogen) atoms. The van der Waals surface area contributed by atoms with Crippen molar-refractivity contribution in [2.75, 3.05) is 5.32 Å². The second kappa shape index (κ2) is 6.13. The fraction of sp³-hybridized carbons (Fsp3) is 0.200. The third-order valence-electron chi connectivity index (χ3n) is 3.26. The second-order valence-electron chi connectivity index (χ2n) is 4.73. The minimum absolute atomic E-state index is 0.0946. The lowest BCUT2D eigenvalue weighted by Crippen LogP contribution is -2.14. The maximum absolute atomic E-state index is 11.8. The molecule has 1 aromatic carbocycles. The van der Waals surface area contributed by atoms with Crippen LogP contribution in [0.15, 0.2) is 42.9 Å². The first-order valence-corrected chi connectivity index (χ1v) is 6.81. The van der Waals surface area contributed by atoms with Gasteiger partial charge in [0.2, 0.25) is 11.9 Å². The highest BCUT2D eigenvalue weighted by Crippen LogP contribution is 2.19. The Bertz CT molecular complexity index is 738. The van der Waals surface area contributed by atoms with Gasteiger partial charge in [0, 0.05) is 23.5 Å². The van der Waals surface area contributed by atoms with Gasteiger partial charge >= 0.3 is 0 Å². The van der Waals surface area contributed by atoms with Gasteiger partial charge in [-0.15, -0.1) is 5.10 Å². The van der Waals surface area contributed by atoms with E-state index in [0.29, 0.717) is 6.42 Å². The number of aryl methyl sites for hydroxylation is 1. The number of hydrogen-bond donors (Lipinski definition) is 2. The zero-order valence-electron chi connectivity index (χ0n) is 11.4. The zero-order chi connectivity index (χ0) is 14.5. The lowest BCUT2D eigenvalue weighted by atomic mass is 10.1. The quantitative estimate of drug-likeness (QED) is 0.751. The number of rotatable bonds is 5. The van der Waals surface area contributed by atoms with Crippen LogP contribution >= 0.6 is 0 Å². The van der Waals surface area contributed by atoms with E-state index >= 15 is 0 Å². The highest BCUT2D eigenvalue weighted by molar-refractivity contribution is 5.88. The molecule has 6 nitrogen and oxygen atoms in total. The Balaban J connectivity index is 1.53. The minimum atomic E-state index is -0.0946. The van der Waals surface area contributed by atoms with Crippen molar-refractivity contribution >= 4 is 22.8 Å². The maximum Gasteiger partial charge on any atom is 0.249 e. The summed E-state index contributed by atoms with van der Waals surface area (Å²) >= 11 is 0. The molecule has 0 saturated heterocycles. The number of carbonyl (C=O) groups is 1. The molecule has 0 bridgehead atoms. The van der Waals surface area contributed by atoms with Crippen LogP contribution < -0.4 is 5.32 Å². The number of anilines is 1. The van der Waals surface area contributed by atoms with Crippen LogP contribution in [0, 0.1) is 0 Å². The normalized spacial score (nSPS) is 10.7. The number of aromatic amines is 1. The van der Waals surface area contributed by atoms with E-state index in [-0.39, 0.29) is 11.9 Å². The Kier molecular flexibility index (Phi) is 3.86. The van der Waals surface area contributed by atoms with Gasteiger partial charge in [-0.25, -0.2) is 4.98 Å². The molecule has 2 aromatic heterocycles. The number of carbonyl (C=O) groups excluding carboxylic acids is 1. The van der Waals surface area contributed by atoms with Gasteiger partial charge in [0.25, 0.3) is 0 Å². The highest BCUT2D eigenvalue weighted by atomic mass is 16.1. The van der Waals surface area contributed by atoms with Crippen LogP contribution in [0.25, 0.3) is 10.9 Å². The standard InChI is InChI=1S/C15H15N5O/c21-14(19-15-16-8-9-18-20-15)7-3-4-11-10-17-13-6-2-1-5-12(11)13/h1-2,5-6,8-10,17H,3-4,7H2,(H,16,19,20,21). The van der Waals surface area contributed by atoms with Crippen LogP contribution in [0.3, 0.4) is 0 Å². The number of hydrogen-bond acceptors (Lipinski definition) is 4. The van der Waals surface area contributed by atoms with Gasteiger partial charge in [-0.05, 0) is 24.5 Å². The topological polar surface area (TPSA) is 83.6 Å². The summed E-state index contributed by atoms with van der Waals surface area (Å²) in [5.74, 6) is 0.150. The lowest BCUT2D eigenvalue weighted by molar-refractivity contribution is -0.116. The van der Waals surface area contributed by atoms with Crippen LogP contribution in [-0.2, 0) is 11.2 Å². The average molecular weight is 281 g/mol. The minimum Gasteiger partial charge on any atom is -0.361 e. The van der Waals surface area contributed by atoms with Crippen molar-refractivity contribution in [1.29, 1.82) is 0 Å². The van der Waals surface area contributed by atoms with E-state index in [4.69, 9.17) is 0 Å². The molecule has 0 unspecified atom stereocenters. The lowest BCUT2D eigenvalue weighted by Gasteiger charge is -2.02. The first kappa shape index (κ1) is 13.2. The number of amides is 1. The van der Waals surface area contributed by atoms with Crippen molar-refractivity contribution in [1.82, 2.24) is 20.2 Å². The van der Waals surface area contributed by atoms with Crippen molar-refractivity contribution in [2.45, 2.75) is 19.3 Å². The molecule has 3 aromatic rings. The molecule has 2 heterocycles. The molecule has 0 aliphatic carbocycles. The van der Waals surface area contributed by atoms with Gasteiger partial charge in [-0.1, -0.05) is 18.2 Å². The van der Waals surface area contributed by atoms with E-state index in [1.807, 2.05) is 24.4 Å². The molecule has 106 valence electrons. The van der Waals surface area contributed by atoms with E-state index in [9.17, 15) is 4.79 Å². The summed E-state index contributed by atoms with van der Waals surface area (Å²) in [6.45, 7) is 0. The molecule has 0 atom stereocenters. The predicted molar refractivity (Wildman–Crippen MR) is 79.7 cm³/mol. The van der Waals surface area contributed by atoms with Crippen LogP contribution in [0.5, 0.6) is 0 Å². The van der Waals surface area contributed by atoms with Crippen molar-refractivity contribution < 1.29 is 4.79 Å². The van der Waals surface area contributed by atoms with Crippen LogP contribution in [0.1, 0.15) is 18.4 Å². The van der Waals surface area contributed by atoms with E-state index in [1.54, 1.807) is 0 Å². The van der Waals surface area contributed by atoms with Gasteiger partial charge in [-0.3, -0.25) is 10.1 Å². The first-order chi connectivity index (χ1) is 10.3. The molecule has 0 aliphatic rings. The summed E-state index contributed by atoms with van der Waals surface area (Å²) in [6, 6.07) is 8.16. The number of H-pyrrole nitrogens is 1. The number of benzene rings is 1. The van der Waals surface area contributed by atoms with Crippen molar-refractivity contribution in [3.8, 4) is 0 Å². The molecule has 0 spiro atoms. The van der Waals surface area contributed by atoms with Gasteiger partial charge in [-0.2, -0.15) is 5.10 Å². The fourth-order valence-corrected chi connectivity index (χ4v) is 2.27. The number of nitrogens with zero attached hydrogens (tertiary/aromatic N) is 3. The molecule has 0 aliphatic heterocycles. The maximum atomic E-state index is 11.8. The Morgan fingerprint density at radius 1 is 1.24 bits per heavy atom. The molecule has 0 radical (unpaired) electrons. The summed E-state index contributed by atoms with van der Waals surface area (Å²) in [6.07, 6.45) is 7.02. The van der Waals surface area contributed by atoms with E-state index in [0.717, 1.165) is 18.4 Å². The zero-order valence-corrected chi connectivity index (χ0v) is 11.4. The Hall–Kier alpha value is -2.76.